The molecule has 21 heteroatoms. The van der Waals surface area contributed by atoms with Crippen LogP contribution in [0, 0.1) is 130 Å². The molecule has 21 nitrogen and oxygen atoms in total. The number of hydrogen-bond acceptors (Lipinski definition) is 19. The molecular weight excluding hydrogens is 1390 g/mol. The molecule has 0 radical (unpaired) electrons. The van der Waals surface area contributed by atoms with E-state index in [1.54, 1.807) is 30.3 Å². The smallest absolute Gasteiger partial charge is 0.310 e. The number of ketones is 2. The molecule has 0 spiro atoms. The van der Waals surface area contributed by atoms with Gasteiger partial charge in [-0.25, -0.2) is 4.98 Å². The fraction of sp³-hybridized carbons (Fsp3) is 0.697. The Morgan fingerprint density at radius 1 is 0.636 bits per heavy atom. The number of pyridine rings is 1. The Bertz CT molecular complexity index is 4510. The number of Topliss-reactive ketones (excluding diaryl/α,β-unsaturated/α-hetero) is 2. The number of aliphatic carboxylic acids is 2. The molecule has 0 amide bonds. The van der Waals surface area contributed by atoms with Crippen LogP contribution in [0.2, 0.25) is 0 Å². The summed E-state index contributed by atoms with van der Waals surface area (Å²) in [7, 11) is 0. The third-order valence-electron chi connectivity index (χ3n) is 32.5. The van der Waals surface area contributed by atoms with Crippen molar-refractivity contribution in [3.05, 3.63) is 87.3 Å². The number of hydrogen-bond donors (Lipinski definition) is 4. The first-order chi connectivity index (χ1) is 51.5. The van der Waals surface area contributed by atoms with E-state index in [0.29, 0.717) is 66.3 Å². The highest BCUT2D eigenvalue weighted by molar-refractivity contribution is 6.01. The normalized spacial score (nSPS) is 35.1. The van der Waals surface area contributed by atoms with Crippen LogP contribution in [-0.2, 0) is 44.7 Å². The van der Waals surface area contributed by atoms with E-state index in [1.165, 1.54) is 27.0 Å². The highest BCUT2D eigenvalue weighted by atomic mass is 16.5. The van der Waals surface area contributed by atoms with Crippen molar-refractivity contribution >= 4 is 35.4 Å². The van der Waals surface area contributed by atoms with Gasteiger partial charge in [0.15, 0.2) is 11.6 Å². The molecule has 2 unspecified atom stereocenters. The molecule has 4 aromatic rings. The van der Waals surface area contributed by atoms with Crippen molar-refractivity contribution < 1.29 is 67.5 Å². The number of allylic oxidation sites excluding steroid dienone is 2. The number of aliphatic hydroxyl groups excluding tert-OH is 2. The van der Waals surface area contributed by atoms with Gasteiger partial charge in [-0.05, 0) is 274 Å². The summed E-state index contributed by atoms with van der Waals surface area (Å²) in [4.78, 5) is 87.0. The first-order valence-electron chi connectivity index (χ1n) is 40.9. The van der Waals surface area contributed by atoms with Gasteiger partial charge in [0.05, 0.1) is 40.9 Å². The van der Waals surface area contributed by atoms with Gasteiger partial charge in [-0.2, -0.15) is 10.5 Å². The van der Waals surface area contributed by atoms with E-state index in [0.717, 1.165) is 99.3 Å². The van der Waals surface area contributed by atoms with E-state index in [1.807, 2.05) is 6.92 Å². The number of nitriles is 2. The van der Waals surface area contributed by atoms with Crippen LogP contribution in [-0.4, -0.2) is 93.5 Å². The Hall–Kier alpha value is -7.75. The fourth-order valence-corrected chi connectivity index (χ4v) is 25.7. The van der Waals surface area contributed by atoms with Crippen LogP contribution in [0.3, 0.4) is 0 Å². The highest BCUT2D eigenvalue weighted by Crippen LogP contribution is 2.79. The molecule has 0 aliphatic heterocycles. The van der Waals surface area contributed by atoms with Gasteiger partial charge in [0.2, 0.25) is 17.7 Å². The van der Waals surface area contributed by atoms with Crippen LogP contribution in [0.1, 0.15) is 293 Å². The predicted octanol–water partition coefficient (Wildman–Crippen LogP) is 17.4. The van der Waals surface area contributed by atoms with Crippen molar-refractivity contribution in [2.24, 2.45) is 107 Å². The molecule has 3 aromatic heterocycles. The lowest BCUT2D eigenvalue weighted by Gasteiger charge is -2.72. The van der Waals surface area contributed by atoms with Crippen LogP contribution in [0.5, 0.6) is 0 Å². The van der Waals surface area contributed by atoms with Crippen molar-refractivity contribution in [1.82, 2.24) is 25.4 Å². The third kappa shape index (κ3) is 12.4. The van der Waals surface area contributed by atoms with Crippen molar-refractivity contribution in [2.75, 3.05) is 0 Å². The van der Waals surface area contributed by atoms with Gasteiger partial charge in [-0.15, -0.1) is 20.4 Å². The van der Waals surface area contributed by atoms with E-state index in [-0.39, 0.29) is 140 Å². The second-order valence-corrected chi connectivity index (χ2v) is 39.3. The average molecular weight is 1510 g/mol. The summed E-state index contributed by atoms with van der Waals surface area (Å²) in [6.45, 7) is 36.3. The summed E-state index contributed by atoms with van der Waals surface area (Å²) in [5.41, 5.74) is -1.16. The van der Waals surface area contributed by atoms with Gasteiger partial charge >= 0.3 is 23.9 Å². The van der Waals surface area contributed by atoms with Crippen molar-refractivity contribution in [3.63, 3.8) is 0 Å². The number of benzene rings is 1. The summed E-state index contributed by atoms with van der Waals surface area (Å²) in [5, 5.41) is 84.2. The number of carboxylic acids is 2. The van der Waals surface area contributed by atoms with Crippen LogP contribution in [0.15, 0.2) is 67.7 Å². The monoisotopic (exact) mass is 1510 g/mol. The number of fused-ring (bicyclic) bond motifs is 12. The maximum atomic E-state index is 14.7. The summed E-state index contributed by atoms with van der Waals surface area (Å²) < 4.78 is 25.3. The molecule has 0 saturated heterocycles. The highest BCUT2D eigenvalue weighted by Gasteiger charge is 2.73. The molecule has 592 valence electrons. The molecule has 4 N–H and O–H groups in total. The minimum atomic E-state index is -1.73. The van der Waals surface area contributed by atoms with Crippen molar-refractivity contribution in [1.29, 1.82) is 10.5 Å². The molecule has 19 atom stereocenters. The number of ether oxygens (including phenoxy) is 2. The summed E-state index contributed by atoms with van der Waals surface area (Å²) >= 11 is 0. The number of rotatable bonds is 22. The lowest BCUT2D eigenvalue weighted by atomic mass is 9.33. The summed E-state index contributed by atoms with van der Waals surface area (Å²) in [6.07, 6.45) is 10.7. The van der Waals surface area contributed by atoms with E-state index in [2.05, 4.69) is 128 Å². The molecule has 7 fully saturated rings. The second-order valence-electron chi connectivity index (χ2n) is 39.3. The Labute approximate surface area is 648 Å². The van der Waals surface area contributed by atoms with Gasteiger partial charge in [0, 0.05) is 40.8 Å². The predicted molar refractivity (Wildman–Crippen MR) is 408 cm³/mol. The number of carbonyl (C=O) groups excluding carboxylic acids is 4. The number of nitrogens with zero attached hydrogens (tertiary/aromatic N) is 7. The molecule has 0 bridgehead atoms. The lowest BCUT2D eigenvalue weighted by molar-refractivity contribution is -0.235. The Kier molecular flexibility index (Phi) is 20.5. The molecule has 13 rings (SSSR count). The molecular formula is C89H117N7O14. The van der Waals surface area contributed by atoms with Gasteiger partial charge in [0.1, 0.15) is 36.2 Å². The number of aliphatic hydroxyl groups is 2. The average Bonchev–Trinajstić information content (AvgIpc) is 1.26. The standard InChI is InChI=1S/C89H117N7O14/c1-18-55(107-65(99)43-79(7,8)77(103)104)28-31-82(12)50(6)27-33-86(16)62(82)25-22-56-69-67(48(2)3)59(97)41-88(69,37-35-84(56,86)14)71(101)75-95-93-73(109-75)52-20-21-53(46-91)54(39-52)40-81(11,78(105)106)44-66(100)108-64-30-32-83(13)61(80(64,9)10)29-34-87(17)63(83)26-23-57-70-68(49(4)5)60(98)42-89(70,38-36-85(57,87)15)72(102)76-96-94-74(110-76)58-24-19-51(45-90)47-92-58/h19-21,24,39,47-50,55-57,61-64,71-72,101-102H,18,22-23,25-38,40-44H2,1-17H3,(H,103,104)(H,105,106)/t50-,55-,56?,57-,61+,62-,63-,64+,71-,72+,81?,82+,83+,84-,85-,86-,87-,88-,89-/m1/s1. The molecule has 1 aromatic carbocycles. The second kappa shape index (κ2) is 28.1. The van der Waals surface area contributed by atoms with E-state index in [4.69, 9.17) is 18.3 Å². The largest absolute Gasteiger partial charge is 0.481 e. The zero-order valence-corrected chi connectivity index (χ0v) is 68.0. The number of carbonyl (C=O) groups is 6. The van der Waals surface area contributed by atoms with Crippen LogP contribution < -0.4 is 0 Å². The van der Waals surface area contributed by atoms with Gasteiger partial charge < -0.3 is 38.7 Å². The molecule has 3 heterocycles. The topological polar surface area (TPSA) is 340 Å². The van der Waals surface area contributed by atoms with Crippen LogP contribution >= 0.6 is 0 Å². The van der Waals surface area contributed by atoms with Crippen LogP contribution in [0.25, 0.3) is 23.0 Å². The SMILES string of the molecule is CC[C@H](CC[C@@]1(C)[C@H](C)CC[C@]2(C)[C@@H]1CCC1C3=C(C(C)C)C(=O)C[C@]3([C@H](O)c3nnc(-c4ccc(C#N)c(CC(C)(CC(=O)O[C@H]5CC[C@]6(C)[C@H]7CC[C@@H]8C9=C(C(C)C)C(=O)C[C@]9([C@@H](O)c9nnc(-c%10ccc(C#N)cn%10)o9)CC[C@@]8(C)[C@]7(C)CC[C@H]6C5(C)C)C(=O)O)c4)o3)CC[C@]12C)OC(=O)CC(C)(C)C(=O)O. The Morgan fingerprint density at radius 3 is 1.74 bits per heavy atom. The lowest BCUT2D eigenvalue weighted by Crippen LogP contribution is -2.66. The number of aromatic nitrogens is 5. The minimum absolute atomic E-state index is 0.00664. The number of esters is 2. The van der Waals surface area contributed by atoms with Gasteiger partial charge in [-0.1, -0.05) is 96.9 Å². The summed E-state index contributed by atoms with van der Waals surface area (Å²) in [6, 6.07) is 12.4. The maximum Gasteiger partial charge on any atom is 0.310 e. The Balaban J connectivity index is 0.692. The van der Waals surface area contributed by atoms with E-state index >= 15 is 0 Å². The molecule has 9 aliphatic carbocycles. The van der Waals surface area contributed by atoms with Crippen molar-refractivity contribution in [2.45, 2.75) is 283 Å². The molecule has 7 saturated carbocycles. The molecule has 110 heavy (non-hydrogen) atoms. The first-order valence-corrected chi connectivity index (χ1v) is 40.9. The zero-order valence-electron chi connectivity index (χ0n) is 68.0. The maximum absolute atomic E-state index is 14.7. The minimum Gasteiger partial charge on any atom is -0.481 e. The van der Waals surface area contributed by atoms with Crippen LogP contribution in [0.4, 0.5) is 0 Å². The van der Waals surface area contributed by atoms with E-state index < -0.39 is 75.7 Å². The Morgan fingerprint density at radius 2 is 1.20 bits per heavy atom. The quantitative estimate of drug-likeness (QED) is 0.0531. The van der Waals surface area contributed by atoms with Gasteiger partial charge in [-0.3, -0.25) is 28.8 Å². The van der Waals surface area contributed by atoms with Gasteiger partial charge in [0.25, 0.3) is 5.89 Å². The molecule has 9 aliphatic rings. The number of carboxylic acid groups (broad SMARTS) is 2. The first kappa shape index (κ1) is 80.3. The zero-order chi connectivity index (χ0) is 80.0. The van der Waals surface area contributed by atoms with E-state index in [9.17, 15) is 59.7 Å². The summed E-state index contributed by atoms with van der Waals surface area (Å²) in [5.74, 6) is -2.27. The third-order valence-corrected chi connectivity index (χ3v) is 32.5. The fourth-order valence-electron chi connectivity index (χ4n) is 25.7. The van der Waals surface area contributed by atoms with Crippen molar-refractivity contribution in [3.8, 4) is 35.2 Å².